The van der Waals surface area contributed by atoms with Crippen molar-refractivity contribution < 1.29 is 9.90 Å². The van der Waals surface area contributed by atoms with Gasteiger partial charge in [0.2, 0.25) is 0 Å². The van der Waals surface area contributed by atoms with Crippen LogP contribution in [0.15, 0.2) is 6.07 Å². The lowest BCUT2D eigenvalue weighted by Crippen LogP contribution is -2.34. The molecular weight excluding hydrogens is 206 g/mol. The van der Waals surface area contributed by atoms with E-state index in [1.54, 1.807) is 13.0 Å². The summed E-state index contributed by atoms with van der Waals surface area (Å²) in [7, 11) is 0. The average Bonchev–Trinajstić information content (AvgIpc) is 2.11. The summed E-state index contributed by atoms with van der Waals surface area (Å²) < 4.78 is 0. The van der Waals surface area contributed by atoms with E-state index in [2.05, 4.69) is 15.3 Å². The Hall–Kier alpha value is -1.65. The number of nitrogens with zero attached hydrogens (tertiary/aromatic N) is 2. The van der Waals surface area contributed by atoms with Crippen molar-refractivity contribution in [1.82, 2.24) is 9.97 Å². The Morgan fingerprint density at radius 3 is 2.44 bits per heavy atom. The smallest absolute Gasteiger partial charge is 0.326 e. The van der Waals surface area contributed by atoms with Crippen molar-refractivity contribution in [2.24, 2.45) is 5.92 Å². The minimum absolute atomic E-state index is 0.00641. The van der Waals surface area contributed by atoms with Gasteiger partial charge in [0.15, 0.2) is 0 Å². The molecular formula is C11H17N3O2. The molecule has 1 atom stereocenters. The number of anilines is 1. The van der Waals surface area contributed by atoms with Gasteiger partial charge in [-0.1, -0.05) is 13.8 Å². The topological polar surface area (TPSA) is 75.1 Å². The number of rotatable bonds is 4. The van der Waals surface area contributed by atoms with Crippen LogP contribution in [0.2, 0.25) is 0 Å². The standard InChI is InChI=1S/C11H17N3O2/c1-6(2)10(11(15)16)14-9-5-7(3)12-8(4)13-9/h5-6,10H,1-4H3,(H,15,16)(H,12,13,14). The molecule has 5 nitrogen and oxygen atoms in total. The highest BCUT2D eigenvalue weighted by atomic mass is 16.4. The van der Waals surface area contributed by atoms with Gasteiger partial charge in [-0.15, -0.1) is 0 Å². The molecule has 0 saturated carbocycles. The second-order valence-corrected chi connectivity index (χ2v) is 4.15. The van der Waals surface area contributed by atoms with E-state index in [1.807, 2.05) is 20.8 Å². The first-order chi connectivity index (χ1) is 7.40. The first-order valence-electron chi connectivity index (χ1n) is 5.21. The molecule has 0 saturated heterocycles. The van der Waals surface area contributed by atoms with E-state index in [1.165, 1.54) is 0 Å². The second kappa shape index (κ2) is 4.92. The fourth-order valence-corrected chi connectivity index (χ4v) is 1.46. The fourth-order valence-electron chi connectivity index (χ4n) is 1.46. The van der Waals surface area contributed by atoms with Gasteiger partial charge in [0, 0.05) is 11.8 Å². The number of nitrogens with one attached hydrogen (secondary N) is 1. The molecule has 0 amide bonds. The lowest BCUT2D eigenvalue weighted by molar-refractivity contribution is -0.138. The van der Waals surface area contributed by atoms with Gasteiger partial charge in [-0.25, -0.2) is 14.8 Å². The number of hydrogen-bond acceptors (Lipinski definition) is 4. The Labute approximate surface area is 94.9 Å². The van der Waals surface area contributed by atoms with Crippen molar-refractivity contribution in [3.05, 3.63) is 17.6 Å². The third-order valence-electron chi connectivity index (χ3n) is 2.20. The van der Waals surface area contributed by atoms with Crippen LogP contribution in [-0.2, 0) is 4.79 Å². The van der Waals surface area contributed by atoms with Gasteiger partial charge >= 0.3 is 5.97 Å². The molecule has 0 aliphatic rings. The van der Waals surface area contributed by atoms with Crippen LogP contribution in [0.4, 0.5) is 5.82 Å². The van der Waals surface area contributed by atoms with Crippen molar-refractivity contribution in [2.75, 3.05) is 5.32 Å². The van der Waals surface area contributed by atoms with Crippen molar-refractivity contribution >= 4 is 11.8 Å². The molecule has 1 aromatic rings. The van der Waals surface area contributed by atoms with Gasteiger partial charge in [0.25, 0.3) is 0 Å². The van der Waals surface area contributed by atoms with Crippen LogP contribution in [0.5, 0.6) is 0 Å². The highest BCUT2D eigenvalue weighted by molar-refractivity contribution is 5.77. The molecule has 0 aliphatic carbocycles. The largest absolute Gasteiger partial charge is 0.480 e. The second-order valence-electron chi connectivity index (χ2n) is 4.15. The summed E-state index contributed by atoms with van der Waals surface area (Å²) in [5.41, 5.74) is 0.822. The van der Waals surface area contributed by atoms with Crippen molar-refractivity contribution in [2.45, 2.75) is 33.7 Å². The molecule has 0 radical (unpaired) electrons. The Kier molecular flexibility index (Phi) is 3.82. The average molecular weight is 223 g/mol. The minimum atomic E-state index is -0.871. The van der Waals surface area contributed by atoms with Crippen LogP contribution >= 0.6 is 0 Å². The Bertz CT molecular complexity index is 371. The van der Waals surface area contributed by atoms with E-state index in [9.17, 15) is 4.79 Å². The van der Waals surface area contributed by atoms with E-state index in [0.717, 1.165) is 5.69 Å². The van der Waals surface area contributed by atoms with Gasteiger partial charge in [-0.2, -0.15) is 0 Å². The quantitative estimate of drug-likeness (QED) is 0.811. The van der Waals surface area contributed by atoms with Gasteiger partial charge in [0.05, 0.1) is 0 Å². The van der Waals surface area contributed by atoms with Crippen LogP contribution in [0.25, 0.3) is 0 Å². The molecule has 1 unspecified atom stereocenters. The Morgan fingerprint density at radius 1 is 1.38 bits per heavy atom. The molecule has 0 aliphatic heterocycles. The summed E-state index contributed by atoms with van der Waals surface area (Å²) in [6.45, 7) is 7.34. The number of aromatic nitrogens is 2. The van der Waals surface area contributed by atoms with Crippen LogP contribution in [-0.4, -0.2) is 27.1 Å². The summed E-state index contributed by atoms with van der Waals surface area (Å²) in [5.74, 6) is 0.318. The summed E-state index contributed by atoms with van der Waals surface area (Å²) in [6.07, 6.45) is 0. The molecule has 16 heavy (non-hydrogen) atoms. The highest BCUT2D eigenvalue weighted by Gasteiger charge is 2.21. The zero-order valence-electron chi connectivity index (χ0n) is 9.98. The maximum atomic E-state index is 11.0. The normalized spacial score (nSPS) is 12.6. The van der Waals surface area contributed by atoms with Crippen molar-refractivity contribution in [3.8, 4) is 0 Å². The van der Waals surface area contributed by atoms with Crippen molar-refractivity contribution in [1.29, 1.82) is 0 Å². The SMILES string of the molecule is Cc1cc(NC(C(=O)O)C(C)C)nc(C)n1. The van der Waals surface area contributed by atoms with Gasteiger partial charge in [-0.05, 0) is 19.8 Å². The number of carboxylic acids is 1. The molecule has 0 bridgehead atoms. The van der Waals surface area contributed by atoms with E-state index >= 15 is 0 Å². The molecule has 0 aromatic carbocycles. The van der Waals surface area contributed by atoms with Gasteiger partial charge < -0.3 is 10.4 Å². The number of aryl methyl sites for hydroxylation is 2. The number of carboxylic acid groups (broad SMARTS) is 1. The predicted octanol–water partition coefficient (Wildman–Crippen LogP) is 1.61. The molecule has 1 rings (SSSR count). The van der Waals surface area contributed by atoms with E-state index < -0.39 is 12.0 Å². The Balaban J connectivity index is 2.89. The lowest BCUT2D eigenvalue weighted by Gasteiger charge is -2.18. The zero-order chi connectivity index (χ0) is 12.3. The van der Waals surface area contributed by atoms with E-state index in [0.29, 0.717) is 11.6 Å². The minimum Gasteiger partial charge on any atom is -0.480 e. The van der Waals surface area contributed by atoms with Crippen LogP contribution in [0.1, 0.15) is 25.4 Å². The van der Waals surface area contributed by atoms with Crippen LogP contribution in [0, 0.1) is 19.8 Å². The summed E-state index contributed by atoms with van der Waals surface area (Å²) in [5, 5.41) is 11.9. The molecule has 88 valence electrons. The third-order valence-corrected chi connectivity index (χ3v) is 2.20. The molecule has 0 fully saturated rings. The fraction of sp³-hybridized carbons (Fsp3) is 0.545. The van der Waals surface area contributed by atoms with E-state index in [4.69, 9.17) is 5.11 Å². The van der Waals surface area contributed by atoms with Gasteiger partial charge in [0.1, 0.15) is 17.7 Å². The number of carbonyl (C=O) groups is 1. The summed E-state index contributed by atoms with van der Waals surface area (Å²) in [4.78, 5) is 19.3. The maximum absolute atomic E-state index is 11.0. The van der Waals surface area contributed by atoms with Crippen molar-refractivity contribution in [3.63, 3.8) is 0 Å². The predicted molar refractivity (Wildman–Crippen MR) is 61.4 cm³/mol. The maximum Gasteiger partial charge on any atom is 0.326 e. The molecule has 0 spiro atoms. The number of hydrogen-bond donors (Lipinski definition) is 2. The molecule has 1 aromatic heterocycles. The van der Waals surface area contributed by atoms with Crippen LogP contribution in [0.3, 0.4) is 0 Å². The lowest BCUT2D eigenvalue weighted by atomic mass is 10.1. The first kappa shape index (κ1) is 12.4. The molecule has 5 heteroatoms. The molecule has 2 N–H and O–H groups in total. The Morgan fingerprint density at radius 2 is 2.00 bits per heavy atom. The monoisotopic (exact) mass is 223 g/mol. The summed E-state index contributed by atoms with van der Waals surface area (Å²) >= 11 is 0. The van der Waals surface area contributed by atoms with E-state index in [-0.39, 0.29) is 5.92 Å². The van der Waals surface area contributed by atoms with Crippen LogP contribution < -0.4 is 5.32 Å². The highest BCUT2D eigenvalue weighted by Crippen LogP contribution is 2.12. The number of aliphatic carboxylic acids is 1. The molecule has 1 heterocycles. The zero-order valence-corrected chi connectivity index (χ0v) is 9.98. The third kappa shape index (κ3) is 3.18. The summed E-state index contributed by atoms with van der Waals surface area (Å²) in [6, 6.07) is 1.11. The van der Waals surface area contributed by atoms with Gasteiger partial charge in [-0.3, -0.25) is 0 Å². The first-order valence-corrected chi connectivity index (χ1v) is 5.21.